The summed E-state index contributed by atoms with van der Waals surface area (Å²) in [5.41, 5.74) is 0. The maximum absolute atomic E-state index is 11.3. The number of aliphatic hydroxyl groups is 2. The monoisotopic (exact) mass is 250 g/mol. The van der Waals surface area contributed by atoms with Gasteiger partial charge in [-0.25, -0.2) is 4.79 Å². The first-order valence-corrected chi connectivity index (χ1v) is 6.04. The van der Waals surface area contributed by atoms with E-state index in [-0.39, 0.29) is 5.92 Å². The Labute approximate surface area is 100 Å². The summed E-state index contributed by atoms with van der Waals surface area (Å²) >= 11 is 5.42. The van der Waals surface area contributed by atoms with E-state index < -0.39 is 24.3 Å². The van der Waals surface area contributed by atoms with Gasteiger partial charge >= 0.3 is 6.03 Å². The van der Waals surface area contributed by atoms with Crippen molar-refractivity contribution in [3.8, 4) is 0 Å². The lowest BCUT2D eigenvalue weighted by molar-refractivity contribution is -0.0132. The van der Waals surface area contributed by atoms with Crippen LogP contribution in [-0.4, -0.2) is 46.9 Å². The predicted octanol–water partition coefficient (Wildman–Crippen LogP) is 0.0447. The minimum absolute atomic E-state index is 0.272. The summed E-state index contributed by atoms with van der Waals surface area (Å²) in [6.07, 6.45) is -0.198. The normalized spacial score (nSPS) is 34.5. The standard InChI is InChI=1S/C10H19ClN2O3/c1-6-4-7(14)9(8(15)5-6)13-10(16)12-3-2-11/h6-9,14-15H,2-5H2,1H3,(H2,12,13,16). The van der Waals surface area contributed by atoms with Gasteiger partial charge in [-0.15, -0.1) is 11.6 Å². The van der Waals surface area contributed by atoms with Crippen LogP contribution in [-0.2, 0) is 0 Å². The molecule has 1 rings (SSSR count). The van der Waals surface area contributed by atoms with Crippen molar-refractivity contribution in [1.29, 1.82) is 0 Å². The number of urea groups is 1. The van der Waals surface area contributed by atoms with E-state index in [1.54, 1.807) is 0 Å². The zero-order valence-electron chi connectivity index (χ0n) is 9.32. The minimum atomic E-state index is -0.694. The number of rotatable bonds is 3. The Hall–Kier alpha value is -0.520. The SMILES string of the molecule is CC1CC(O)C(NC(=O)NCCCl)C(O)C1. The van der Waals surface area contributed by atoms with Crippen LogP contribution in [0.5, 0.6) is 0 Å². The number of aliphatic hydroxyl groups excluding tert-OH is 2. The summed E-state index contributed by atoms with van der Waals surface area (Å²) < 4.78 is 0. The molecule has 1 fully saturated rings. The van der Waals surface area contributed by atoms with E-state index in [2.05, 4.69) is 10.6 Å². The van der Waals surface area contributed by atoms with E-state index in [0.717, 1.165) is 0 Å². The first-order chi connectivity index (χ1) is 7.54. The average Bonchev–Trinajstić information content (AvgIpc) is 2.20. The van der Waals surface area contributed by atoms with Gasteiger partial charge in [0.25, 0.3) is 0 Å². The minimum Gasteiger partial charge on any atom is -0.391 e. The van der Waals surface area contributed by atoms with Crippen LogP contribution in [0, 0.1) is 5.92 Å². The van der Waals surface area contributed by atoms with Crippen molar-refractivity contribution >= 4 is 17.6 Å². The third-order valence-corrected chi connectivity index (χ3v) is 2.98. The van der Waals surface area contributed by atoms with Crippen molar-refractivity contribution in [2.75, 3.05) is 12.4 Å². The molecule has 0 spiro atoms. The van der Waals surface area contributed by atoms with Crippen molar-refractivity contribution in [2.24, 2.45) is 5.92 Å². The Balaban J connectivity index is 2.42. The maximum atomic E-state index is 11.3. The van der Waals surface area contributed by atoms with Crippen LogP contribution < -0.4 is 10.6 Å². The summed E-state index contributed by atoms with van der Waals surface area (Å²) in [4.78, 5) is 11.3. The molecule has 6 heteroatoms. The highest BCUT2D eigenvalue weighted by atomic mass is 35.5. The fraction of sp³-hybridized carbons (Fsp3) is 0.900. The molecule has 2 atom stereocenters. The van der Waals surface area contributed by atoms with E-state index in [1.165, 1.54) is 0 Å². The zero-order chi connectivity index (χ0) is 12.1. The van der Waals surface area contributed by atoms with E-state index in [9.17, 15) is 15.0 Å². The molecule has 0 aromatic heterocycles. The van der Waals surface area contributed by atoms with Gasteiger partial charge in [-0.3, -0.25) is 0 Å². The molecule has 16 heavy (non-hydrogen) atoms. The molecule has 0 aromatic rings. The summed E-state index contributed by atoms with van der Waals surface area (Å²) in [6.45, 7) is 2.33. The molecule has 0 aliphatic heterocycles. The lowest BCUT2D eigenvalue weighted by Crippen LogP contribution is -2.56. The van der Waals surface area contributed by atoms with Gasteiger partial charge in [-0.05, 0) is 18.8 Å². The molecule has 1 saturated carbocycles. The Morgan fingerprint density at radius 1 is 1.38 bits per heavy atom. The highest BCUT2D eigenvalue weighted by Crippen LogP contribution is 2.24. The summed E-state index contributed by atoms with van der Waals surface area (Å²) in [5, 5.41) is 24.6. The molecular formula is C10H19ClN2O3. The number of alkyl halides is 1. The molecule has 0 saturated heterocycles. The van der Waals surface area contributed by atoms with Crippen molar-refractivity contribution in [3.05, 3.63) is 0 Å². The van der Waals surface area contributed by atoms with Gasteiger partial charge in [-0.1, -0.05) is 6.92 Å². The topological polar surface area (TPSA) is 81.6 Å². The molecule has 0 radical (unpaired) electrons. The van der Waals surface area contributed by atoms with Crippen LogP contribution in [0.15, 0.2) is 0 Å². The zero-order valence-corrected chi connectivity index (χ0v) is 10.1. The molecule has 0 aromatic carbocycles. The number of carbonyl (C=O) groups excluding carboxylic acids is 1. The third kappa shape index (κ3) is 3.81. The number of carbonyl (C=O) groups is 1. The Morgan fingerprint density at radius 3 is 2.44 bits per heavy atom. The number of amides is 2. The van der Waals surface area contributed by atoms with E-state index in [4.69, 9.17) is 11.6 Å². The van der Waals surface area contributed by atoms with Gasteiger partial charge in [0, 0.05) is 12.4 Å². The molecule has 2 amide bonds. The summed E-state index contributed by atoms with van der Waals surface area (Å²) in [5.74, 6) is 0.606. The molecule has 0 heterocycles. The second kappa shape index (κ2) is 6.27. The first kappa shape index (κ1) is 13.5. The van der Waals surface area contributed by atoms with Gasteiger partial charge < -0.3 is 20.8 Å². The fourth-order valence-electron chi connectivity index (χ4n) is 2.03. The van der Waals surface area contributed by atoms with Gasteiger partial charge in [0.05, 0.1) is 18.2 Å². The van der Waals surface area contributed by atoms with Crippen LogP contribution >= 0.6 is 11.6 Å². The van der Waals surface area contributed by atoms with Gasteiger partial charge in [0.2, 0.25) is 0 Å². The third-order valence-electron chi connectivity index (χ3n) is 2.79. The molecule has 0 bridgehead atoms. The Bertz CT molecular complexity index is 228. The quantitative estimate of drug-likeness (QED) is 0.534. The second-order valence-electron chi connectivity index (χ2n) is 4.33. The number of halogens is 1. The lowest BCUT2D eigenvalue weighted by atomic mass is 9.83. The summed E-state index contributed by atoms with van der Waals surface area (Å²) in [7, 11) is 0. The lowest BCUT2D eigenvalue weighted by Gasteiger charge is -2.36. The van der Waals surface area contributed by atoms with Crippen molar-refractivity contribution < 1.29 is 15.0 Å². The fourth-order valence-corrected chi connectivity index (χ4v) is 2.12. The van der Waals surface area contributed by atoms with Crippen LogP contribution in [0.1, 0.15) is 19.8 Å². The second-order valence-corrected chi connectivity index (χ2v) is 4.70. The number of hydrogen-bond donors (Lipinski definition) is 4. The number of nitrogens with one attached hydrogen (secondary N) is 2. The van der Waals surface area contributed by atoms with E-state index in [0.29, 0.717) is 25.3 Å². The molecule has 1 aliphatic rings. The Morgan fingerprint density at radius 2 is 1.94 bits per heavy atom. The highest BCUT2D eigenvalue weighted by molar-refractivity contribution is 6.18. The molecule has 4 N–H and O–H groups in total. The van der Waals surface area contributed by atoms with Crippen LogP contribution in [0.4, 0.5) is 4.79 Å². The van der Waals surface area contributed by atoms with Crippen molar-refractivity contribution in [2.45, 2.75) is 38.0 Å². The highest BCUT2D eigenvalue weighted by Gasteiger charge is 2.35. The van der Waals surface area contributed by atoms with E-state index >= 15 is 0 Å². The van der Waals surface area contributed by atoms with Crippen molar-refractivity contribution in [3.63, 3.8) is 0 Å². The molecule has 5 nitrogen and oxygen atoms in total. The molecule has 2 unspecified atom stereocenters. The summed E-state index contributed by atoms with van der Waals surface area (Å²) in [6, 6.07) is -0.996. The van der Waals surface area contributed by atoms with Crippen LogP contribution in [0.3, 0.4) is 0 Å². The Kier molecular flexibility index (Phi) is 5.31. The molecular weight excluding hydrogens is 232 g/mol. The van der Waals surface area contributed by atoms with Crippen LogP contribution in [0.2, 0.25) is 0 Å². The molecule has 1 aliphatic carbocycles. The smallest absolute Gasteiger partial charge is 0.315 e. The first-order valence-electron chi connectivity index (χ1n) is 5.51. The van der Waals surface area contributed by atoms with E-state index in [1.807, 2.05) is 6.92 Å². The largest absolute Gasteiger partial charge is 0.391 e. The van der Waals surface area contributed by atoms with Gasteiger partial charge in [-0.2, -0.15) is 0 Å². The van der Waals surface area contributed by atoms with Gasteiger partial charge in [0.1, 0.15) is 0 Å². The molecule has 94 valence electrons. The predicted molar refractivity (Wildman–Crippen MR) is 61.5 cm³/mol. The van der Waals surface area contributed by atoms with Gasteiger partial charge in [0.15, 0.2) is 0 Å². The number of hydrogen-bond acceptors (Lipinski definition) is 3. The van der Waals surface area contributed by atoms with Crippen molar-refractivity contribution in [1.82, 2.24) is 10.6 Å². The average molecular weight is 251 g/mol. The maximum Gasteiger partial charge on any atom is 0.315 e. The van der Waals surface area contributed by atoms with Crippen LogP contribution in [0.25, 0.3) is 0 Å².